The van der Waals surface area contributed by atoms with E-state index in [2.05, 4.69) is 5.32 Å². The monoisotopic (exact) mass is 380 g/mol. The number of ether oxygens (including phenoxy) is 2. The molecule has 0 atom stereocenters. The van der Waals surface area contributed by atoms with Crippen molar-refractivity contribution in [2.24, 2.45) is 0 Å². The molecule has 2 heterocycles. The maximum atomic E-state index is 13.6. The van der Waals surface area contributed by atoms with E-state index < -0.39 is 0 Å². The number of rotatable bonds is 4. The number of fused-ring (bicyclic) bond motifs is 1. The third kappa shape index (κ3) is 3.22. The lowest BCUT2D eigenvalue weighted by Crippen LogP contribution is -2.19. The van der Waals surface area contributed by atoms with Gasteiger partial charge in [0.25, 0.3) is 5.91 Å². The zero-order valence-corrected chi connectivity index (χ0v) is 16.0. The zero-order chi connectivity index (χ0) is 19.8. The van der Waals surface area contributed by atoms with Crippen molar-refractivity contribution < 1.29 is 18.7 Å². The van der Waals surface area contributed by atoms with Gasteiger partial charge in [-0.25, -0.2) is 4.39 Å². The predicted molar refractivity (Wildman–Crippen MR) is 105 cm³/mol. The number of hydrogen-bond donors (Lipinski definition) is 1. The summed E-state index contributed by atoms with van der Waals surface area (Å²) in [4.78, 5) is 13.1. The molecular weight excluding hydrogens is 359 g/mol. The minimum absolute atomic E-state index is 0.181. The number of anilines is 1. The summed E-state index contributed by atoms with van der Waals surface area (Å²) in [5, 5.41) is 2.94. The van der Waals surface area contributed by atoms with Gasteiger partial charge in [-0.3, -0.25) is 4.79 Å². The van der Waals surface area contributed by atoms with Gasteiger partial charge in [0, 0.05) is 24.0 Å². The van der Waals surface area contributed by atoms with Crippen LogP contribution in [0.15, 0.2) is 42.5 Å². The van der Waals surface area contributed by atoms with Crippen LogP contribution in [-0.4, -0.2) is 17.3 Å². The number of nitrogens with one attached hydrogen (secondary N) is 1. The molecule has 0 saturated carbocycles. The molecule has 0 saturated heterocycles. The summed E-state index contributed by atoms with van der Waals surface area (Å²) < 4.78 is 26.2. The lowest BCUT2D eigenvalue weighted by molar-refractivity contribution is 0.101. The summed E-state index contributed by atoms with van der Waals surface area (Å²) >= 11 is 0. The summed E-state index contributed by atoms with van der Waals surface area (Å²) in [5.74, 6) is 0.762. The molecule has 1 aliphatic rings. The fraction of sp³-hybridized carbons (Fsp3) is 0.227. The van der Waals surface area contributed by atoms with E-state index in [1.807, 2.05) is 31.4 Å². The first-order chi connectivity index (χ1) is 13.4. The molecule has 0 bridgehead atoms. The van der Waals surface area contributed by atoms with Crippen LogP contribution in [0, 0.1) is 26.6 Å². The molecule has 6 heteroatoms. The van der Waals surface area contributed by atoms with Crippen molar-refractivity contribution >= 4 is 11.6 Å². The summed E-state index contributed by atoms with van der Waals surface area (Å²) in [6.07, 6.45) is 0. The van der Waals surface area contributed by atoms with Crippen LogP contribution in [0.25, 0.3) is 0 Å². The highest BCUT2D eigenvalue weighted by Crippen LogP contribution is 2.34. The molecule has 144 valence electrons. The highest BCUT2D eigenvalue weighted by Gasteiger charge is 2.22. The van der Waals surface area contributed by atoms with Gasteiger partial charge in [-0.1, -0.05) is 12.1 Å². The van der Waals surface area contributed by atoms with Gasteiger partial charge < -0.3 is 19.4 Å². The number of halogens is 1. The topological polar surface area (TPSA) is 52.5 Å². The van der Waals surface area contributed by atoms with E-state index in [9.17, 15) is 9.18 Å². The molecule has 1 N–H and O–H groups in total. The quantitative estimate of drug-likeness (QED) is 0.721. The van der Waals surface area contributed by atoms with Gasteiger partial charge in [0.1, 0.15) is 11.5 Å². The number of amides is 1. The minimum atomic E-state index is -0.290. The normalized spacial score (nSPS) is 12.3. The van der Waals surface area contributed by atoms with Crippen molar-refractivity contribution in [3.05, 3.63) is 76.4 Å². The van der Waals surface area contributed by atoms with Crippen molar-refractivity contribution in [2.75, 3.05) is 12.1 Å². The highest BCUT2D eigenvalue weighted by atomic mass is 19.1. The Bertz CT molecular complexity index is 1070. The van der Waals surface area contributed by atoms with Crippen molar-refractivity contribution in [3.63, 3.8) is 0 Å². The maximum Gasteiger partial charge on any atom is 0.272 e. The van der Waals surface area contributed by atoms with Gasteiger partial charge in [0.2, 0.25) is 6.79 Å². The molecule has 28 heavy (non-hydrogen) atoms. The van der Waals surface area contributed by atoms with Crippen LogP contribution < -0.4 is 14.8 Å². The maximum absolute atomic E-state index is 13.6. The zero-order valence-electron chi connectivity index (χ0n) is 16.0. The predicted octanol–water partition coefficient (Wildman–Crippen LogP) is 4.58. The van der Waals surface area contributed by atoms with Crippen LogP contribution in [0.4, 0.5) is 10.1 Å². The van der Waals surface area contributed by atoms with Crippen LogP contribution in [0.3, 0.4) is 0 Å². The minimum Gasteiger partial charge on any atom is -0.454 e. The fourth-order valence-electron chi connectivity index (χ4n) is 3.49. The van der Waals surface area contributed by atoms with Crippen LogP contribution in [0.2, 0.25) is 0 Å². The van der Waals surface area contributed by atoms with Crippen molar-refractivity contribution in [2.45, 2.75) is 27.3 Å². The first-order valence-electron chi connectivity index (χ1n) is 9.06. The van der Waals surface area contributed by atoms with E-state index in [1.54, 1.807) is 24.3 Å². The second-order valence-electron chi connectivity index (χ2n) is 6.92. The van der Waals surface area contributed by atoms with Gasteiger partial charge in [-0.2, -0.15) is 0 Å². The third-order valence-electron chi connectivity index (χ3n) is 5.21. The Balaban J connectivity index is 1.66. The number of hydrogen-bond acceptors (Lipinski definition) is 3. The van der Waals surface area contributed by atoms with E-state index in [4.69, 9.17) is 9.47 Å². The third-order valence-corrected chi connectivity index (χ3v) is 5.21. The van der Waals surface area contributed by atoms with Crippen LogP contribution in [-0.2, 0) is 6.54 Å². The van der Waals surface area contributed by atoms with Crippen molar-refractivity contribution in [1.29, 1.82) is 0 Å². The second kappa shape index (κ2) is 7.03. The summed E-state index contributed by atoms with van der Waals surface area (Å²) in [6, 6.07) is 11.7. The van der Waals surface area contributed by atoms with Gasteiger partial charge in [-0.15, -0.1) is 0 Å². The molecule has 3 aromatic rings. The molecule has 4 rings (SSSR count). The van der Waals surface area contributed by atoms with Crippen LogP contribution in [0.1, 0.15) is 32.9 Å². The second-order valence-corrected chi connectivity index (χ2v) is 6.92. The molecule has 0 aliphatic carbocycles. The van der Waals surface area contributed by atoms with Gasteiger partial charge in [-0.05, 0) is 61.7 Å². The summed E-state index contributed by atoms with van der Waals surface area (Å²) in [5.41, 5.74) is 4.94. The molecule has 1 amide bonds. The van der Waals surface area contributed by atoms with E-state index in [0.29, 0.717) is 29.4 Å². The Morgan fingerprint density at radius 2 is 1.86 bits per heavy atom. The van der Waals surface area contributed by atoms with Crippen LogP contribution in [0.5, 0.6) is 11.5 Å². The lowest BCUT2D eigenvalue weighted by atomic mass is 10.1. The van der Waals surface area contributed by atoms with Gasteiger partial charge >= 0.3 is 0 Å². The lowest BCUT2D eigenvalue weighted by Gasteiger charge is -2.13. The highest BCUT2D eigenvalue weighted by molar-refractivity contribution is 6.04. The number of aromatic nitrogens is 1. The molecule has 2 aromatic carbocycles. The van der Waals surface area contributed by atoms with E-state index in [-0.39, 0.29) is 18.5 Å². The van der Waals surface area contributed by atoms with Gasteiger partial charge in [0.15, 0.2) is 11.5 Å². The van der Waals surface area contributed by atoms with Crippen LogP contribution >= 0.6 is 0 Å². The largest absolute Gasteiger partial charge is 0.454 e. The average Bonchev–Trinajstić information content (AvgIpc) is 3.21. The number of benzene rings is 2. The van der Waals surface area contributed by atoms with E-state index in [1.165, 1.54) is 12.1 Å². The molecule has 0 spiro atoms. The first-order valence-corrected chi connectivity index (χ1v) is 9.06. The van der Waals surface area contributed by atoms with Crippen molar-refractivity contribution in [1.82, 2.24) is 4.57 Å². The number of carbonyl (C=O) groups excluding carboxylic acids is 1. The fourth-order valence-corrected chi connectivity index (χ4v) is 3.49. The number of nitrogens with zero attached hydrogens (tertiary/aromatic N) is 1. The van der Waals surface area contributed by atoms with E-state index in [0.717, 1.165) is 22.4 Å². The Hall–Kier alpha value is -3.28. The molecular formula is C22H21FN2O3. The van der Waals surface area contributed by atoms with Crippen molar-refractivity contribution in [3.8, 4) is 11.5 Å². The van der Waals surface area contributed by atoms with E-state index >= 15 is 0 Å². The average molecular weight is 380 g/mol. The molecule has 0 unspecified atom stereocenters. The first kappa shape index (κ1) is 18.1. The Morgan fingerprint density at radius 3 is 2.64 bits per heavy atom. The Morgan fingerprint density at radius 1 is 1.07 bits per heavy atom. The molecule has 1 aliphatic heterocycles. The standard InChI is InChI=1S/C22H21FN2O3/c1-13-14(2)21(25(15(13)3)11-16-5-4-6-17(23)9-16)22(26)24-18-7-8-19-20(10-18)28-12-27-19/h4-10H,11-12H2,1-3H3,(H,24,26). The summed E-state index contributed by atoms with van der Waals surface area (Å²) in [7, 11) is 0. The molecule has 5 nitrogen and oxygen atoms in total. The SMILES string of the molecule is Cc1c(C)c(C(=O)Nc2ccc3c(c2)OCO3)n(Cc2cccc(F)c2)c1C. The summed E-state index contributed by atoms with van der Waals surface area (Å²) in [6.45, 7) is 6.49. The smallest absolute Gasteiger partial charge is 0.272 e. The molecule has 1 aromatic heterocycles. The molecule has 0 fully saturated rings. The van der Waals surface area contributed by atoms with Gasteiger partial charge in [0.05, 0.1) is 0 Å². The molecule has 0 radical (unpaired) electrons. The Kier molecular flexibility index (Phi) is 4.55. The number of carbonyl (C=O) groups is 1. The Labute approximate surface area is 162 Å².